The summed E-state index contributed by atoms with van der Waals surface area (Å²) < 4.78 is 0. The summed E-state index contributed by atoms with van der Waals surface area (Å²) in [6, 6.07) is 0. The van der Waals surface area contributed by atoms with Crippen LogP contribution in [0, 0.1) is 0 Å². The van der Waals surface area contributed by atoms with Crippen molar-refractivity contribution in [2.75, 3.05) is 0 Å². The lowest BCUT2D eigenvalue weighted by molar-refractivity contribution is -0.267. The molecule has 4 nitrogen and oxygen atoms in total. The van der Waals surface area contributed by atoms with Gasteiger partial charge in [0.1, 0.15) is 6.10 Å². The molecule has 0 saturated heterocycles. The van der Waals surface area contributed by atoms with Gasteiger partial charge in [-0.25, -0.2) is 4.89 Å². The Morgan fingerprint density at radius 1 is 1.00 bits per heavy atom. The average Bonchev–Trinajstić information content (AvgIpc) is 2.57. The predicted octanol–water partition coefficient (Wildman–Crippen LogP) is 5.91. The minimum atomic E-state index is -0.700. The zero-order valence-corrected chi connectivity index (χ0v) is 15.0. The first kappa shape index (κ1) is 22.6. The van der Waals surface area contributed by atoms with Gasteiger partial charge in [-0.1, -0.05) is 75.5 Å². The monoisotopic (exact) mass is 338 g/mol. The van der Waals surface area contributed by atoms with Gasteiger partial charge >= 0.3 is 5.97 Å². The molecule has 24 heavy (non-hydrogen) atoms. The van der Waals surface area contributed by atoms with Crippen LogP contribution in [0.3, 0.4) is 0 Å². The van der Waals surface area contributed by atoms with Crippen LogP contribution >= 0.6 is 0 Å². The highest BCUT2D eigenvalue weighted by Crippen LogP contribution is 2.08. The maximum atomic E-state index is 10.4. The third-order valence-electron chi connectivity index (χ3n) is 3.75. The van der Waals surface area contributed by atoms with Crippen LogP contribution in [-0.2, 0) is 9.68 Å². The van der Waals surface area contributed by atoms with Crippen molar-refractivity contribution in [3.05, 3.63) is 36.5 Å². The van der Waals surface area contributed by atoms with Crippen LogP contribution in [-0.4, -0.2) is 22.4 Å². The molecule has 0 aromatic carbocycles. The van der Waals surface area contributed by atoms with Gasteiger partial charge in [0.15, 0.2) is 0 Å². The lowest BCUT2D eigenvalue weighted by Gasteiger charge is -2.07. The first-order chi connectivity index (χ1) is 11.7. The number of hydrogen-bond donors (Lipinski definition) is 2. The molecule has 4 heteroatoms. The third-order valence-corrected chi connectivity index (χ3v) is 3.75. The Labute approximate surface area is 146 Å². The van der Waals surface area contributed by atoms with Crippen molar-refractivity contribution in [3.8, 4) is 0 Å². The highest BCUT2D eigenvalue weighted by atomic mass is 17.1. The van der Waals surface area contributed by atoms with E-state index in [0.29, 0.717) is 0 Å². The summed E-state index contributed by atoms with van der Waals surface area (Å²) in [6.07, 6.45) is 22.4. The highest BCUT2D eigenvalue weighted by Gasteiger charge is 2.02. The molecule has 0 aromatic rings. The van der Waals surface area contributed by atoms with Crippen molar-refractivity contribution >= 4 is 5.97 Å². The molecule has 0 saturated carbocycles. The van der Waals surface area contributed by atoms with E-state index >= 15 is 0 Å². The Hall–Kier alpha value is -1.39. The molecule has 2 N–H and O–H groups in total. The lowest BCUT2D eigenvalue weighted by atomic mass is 10.1. The standard InChI is InChI=1S/C20H34O4/c1-2-3-13-16-19(24-23)17-14-11-9-7-5-4-6-8-10-12-15-18-20(21)22/h4-5,9,11,14,17,19,23H,2-3,6-8,10,12-13,15-16,18H2,1H3,(H,21,22). The van der Waals surface area contributed by atoms with Gasteiger partial charge in [-0.05, 0) is 32.1 Å². The lowest BCUT2D eigenvalue weighted by Crippen LogP contribution is -2.06. The summed E-state index contributed by atoms with van der Waals surface area (Å²) in [4.78, 5) is 14.8. The van der Waals surface area contributed by atoms with E-state index in [4.69, 9.17) is 10.4 Å². The number of carboxylic acids is 1. The molecule has 0 bridgehead atoms. The van der Waals surface area contributed by atoms with Crippen molar-refractivity contribution in [2.24, 2.45) is 0 Å². The van der Waals surface area contributed by atoms with Gasteiger partial charge in [-0.2, -0.15) is 0 Å². The van der Waals surface area contributed by atoms with Crippen LogP contribution in [0.1, 0.15) is 77.6 Å². The van der Waals surface area contributed by atoms with Crippen LogP contribution in [0.15, 0.2) is 36.5 Å². The topological polar surface area (TPSA) is 66.8 Å². The quantitative estimate of drug-likeness (QED) is 0.121. The van der Waals surface area contributed by atoms with E-state index in [-0.39, 0.29) is 12.5 Å². The van der Waals surface area contributed by atoms with Crippen molar-refractivity contribution in [3.63, 3.8) is 0 Å². The molecule has 1 unspecified atom stereocenters. The number of carbonyl (C=O) groups is 1. The van der Waals surface area contributed by atoms with Gasteiger partial charge < -0.3 is 5.11 Å². The molecule has 0 spiro atoms. The summed E-state index contributed by atoms with van der Waals surface area (Å²) in [6.45, 7) is 2.15. The normalized spacial score (nSPS) is 13.4. The van der Waals surface area contributed by atoms with E-state index in [1.165, 1.54) is 0 Å². The highest BCUT2D eigenvalue weighted by molar-refractivity contribution is 5.66. The zero-order chi connectivity index (χ0) is 17.9. The Kier molecular flexibility index (Phi) is 16.9. The van der Waals surface area contributed by atoms with Crippen molar-refractivity contribution in [2.45, 2.75) is 83.7 Å². The number of allylic oxidation sites excluding steroid dienone is 5. The minimum absolute atomic E-state index is 0.210. The van der Waals surface area contributed by atoms with E-state index in [1.54, 1.807) is 0 Å². The van der Waals surface area contributed by atoms with Crippen molar-refractivity contribution in [1.29, 1.82) is 0 Å². The molecule has 1 atom stereocenters. The molecule has 0 rings (SSSR count). The van der Waals surface area contributed by atoms with Gasteiger partial charge in [0.05, 0.1) is 0 Å². The summed E-state index contributed by atoms with van der Waals surface area (Å²) in [7, 11) is 0. The summed E-state index contributed by atoms with van der Waals surface area (Å²) in [5, 5.41) is 17.3. The second kappa shape index (κ2) is 18.0. The summed E-state index contributed by atoms with van der Waals surface area (Å²) >= 11 is 0. The Balaban J connectivity index is 3.58. The van der Waals surface area contributed by atoms with Gasteiger partial charge in [0.25, 0.3) is 0 Å². The molecule has 0 radical (unpaired) electrons. The van der Waals surface area contributed by atoms with E-state index in [1.807, 2.05) is 18.2 Å². The second-order valence-electron chi connectivity index (χ2n) is 6.01. The number of rotatable bonds is 16. The third kappa shape index (κ3) is 17.0. The molecule has 0 fully saturated rings. The molecular weight excluding hydrogens is 304 g/mol. The molecule has 0 heterocycles. The number of carboxylic acid groups (broad SMARTS) is 1. The fraction of sp³-hybridized carbons (Fsp3) is 0.650. The minimum Gasteiger partial charge on any atom is -0.481 e. The molecule has 0 aromatic heterocycles. The zero-order valence-electron chi connectivity index (χ0n) is 15.0. The number of hydrogen-bond acceptors (Lipinski definition) is 3. The van der Waals surface area contributed by atoms with Gasteiger partial charge in [0, 0.05) is 6.42 Å². The first-order valence-corrected chi connectivity index (χ1v) is 9.21. The maximum absolute atomic E-state index is 10.4. The molecule has 0 aliphatic heterocycles. The number of aliphatic carboxylic acids is 1. The van der Waals surface area contributed by atoms with Gasteiger partial charge in [-0.15, -0.1) is 0 Å². The second-order valence-corrected chi connectivity index (χ2v) is 6.01. The van der Waals surface area contributed by atoms with E-state index in [2.05, 4.69) is 30.0 Å². The summed E-state index contributed by atoms with van der Waals surface area (Å²) in [5.41, 5.74) is 0. The fourth-order valence-corrected chi connectivity index (χ4v) is 2.31. The van der Waals surface area contributed by atoms with Crippen LogP contribution < -0.4 is 0 Å². The molecule has 138 valence electrons. The Morgan fingerprint density at radius 2 is 1.79 bits per heavy atom. The van der Waals surface area contributed by atoms with E-state index in [0.717, 1.165) is 64.2 Å². The van der Waals surface area contributed by atoms with Crippen molar-refractivity contribution in [1.82, 2.24) is 0 Å². The van der Waals surface area contributed by atoms with Gasteiger partial charge in [0.2, 0.25) is 0 Å². The van der Waals surface area contributed by atoms with E-state index < -0.39 is 5.97 Å². The SMILES string of the molecule is CCCCCC(C=CC=CCC=CCCCCCCC(=O)O)OO. The largest absolute Gasteiger partial charge is 0.481 e. The fourth-order valence-electron chi connectivity index (χ4n) is 2.31. The first-order valence-electron chi connectivity index (χ1n) is 9.21. The van der Waals surface area contributed by atoms with Crippen LogP contribution in [0.2, 0.25) is 0 Å². The molecule has 0 aliphatic carbocycles. The molecule has 0 aliphatic rings. The van der Waals surface area contributed by atoms with Gasteiger partial charge in [-0.3, -0.25) is 10.1 Å². The van der Waals surface area contributed by atoms with Crippen molar-refractivity contribution < 1.29 is 20.0 Å². The van der Waals surface area contributed by atoms with Crippen LogP contribution in [0.5, 0.6) is 0 Å². The Bertz CT molecular complexity index is 372. The average molecular weight is 338 g/mol. The van der Waals surface area contributed by atoms with Crippen LogP contribution in [0.4, 0.5) is 0 Å². The Morgan fingerprint density at radius 3 is 2.50 bits per heavy atom. The predicted molar refractivity (Wildman–Crippen MR) is 99.0 cm³/mol. The molecular formula is C20H34O4. The van der Waals surface area contributed by atoms with Crippen LogP contribution in [0.25, 0.3) is 0 Å². The number of unbranched alkanes of at least 4 members (excludes halogenated alkanes) is 6. The maximum Gasteiger partial charge on any atom is 0.303 e. The molecule has 0 amide bonds. The van der Waals surface area contributed by atoms with E-state index in [9.17, 15) is 4.79 Å². The summed E-state index contributed by atoms with van der Waals surface area (Å²) in [5.74, 6) is -0.700. The smallest absolute Gasteiger partial charge is 0.303 e.